The molecule has 0 radical (unpaired) electrons. The van der Waals surface area contributed by atoms with Gasteiger partial charge in [-0.15, -0.1) is 0 Å². The predicted molar refractivity (Wildman–Crippen MR) is 251 cm³/mol. The van der Waals surface area contributed by atoms with Crippen LogP contribution in [-0.4, -0.2) is 83.9 Å². The van der Waals surface area contributed by atoms with E-state index in [1.165, 1.54) is 6.33 Å². The number of imidazole rings is 1. The third kappa shape index (κ3) is 10.5. The van der Waals surface area contributed by atoms with Gasteiger partial charge in [0.2, 0.25) is 5.95 Å². The summed E-state index contributed by atoms with van der Waals surface area (Å²) in [5.41, 5.74) is 1.58. The second kappa shape index (κ2) is 19.2. The van der Waals surface area contributed by atoms with Crippen molar-refractivity contribution in [3.05, 3.63) is 148 Å². The molecule has 5 atom stereocenters. The molecular formula is C48H58N5O10PSi. The number of nitrogens with one attached hydrogen (secondary N) is 2. The first kappa shape index (κ1) is 47.5. The molecule has 1 amide bonds. The monoisotopic (exact) mass is 923 g/mol. The Labute approximate surface area is 380 Å². The number of ether oxygens (including phenoxy) is 4. The molecule has 3 heterocycles. The summed E-state index contributed by atoms with van der Waals surface area (Å²) in [4.78, 5) is 49.1. The van der Waals surface area contributed by atoms with Crippen molar-refractivity contribution in [2.75, 3.05) is 32.3 Å². The van der Waals surface area contributed by atoms with E-state index in [2.05, 4.69) is 68.0 Å². The molecule has 65 heavy (non-hydrogen) atoms. The van der Waals surface area contributed by atoms with E-state index in [0.29, 0.717) is 17.4 Å². The molecular weight excluding hydrogens is 866 g/mol. The summed E-state index contributed by atoms with van der Waals surface area (Å²) in [6, 6.07) is 34.6. The summed E-state index contributed by atoms with van der Waals surface area (Å²) in [5.74, 6) is 0.801. The predicted octanol–water partition coefficient (Wildman–Crippen LogP) is 8.77. The number of hydrogen-bond donors (Lipinski definition) is 3. The first-order chi connectivity index (χ1) is 30.8. The number of anilines is 1. The van der Waals surface area contributed by atoms with E-state index in [1.54, 1.807) is 23.8 Å². The molecule has 6 aromatic rings. The number of aromatic nitrogens is 4. The highest BCUT2D eigenvalue weighted by Gasteiger charge is 2.55. The number of methoxy groups -OCH3 is 1. The summed E-state index contributed by atoms with van der Waals surface area (Å²) in [5, 5.41) is 2.34. The second-order valence-electron chi connectivity index (χ2n) is 18.0. The number of fused-ring (bicyclic) bond motifs is 1. The smallest absolute Gasteiger partial charge is 0.325 e. The van der Waals surface area contributed by atoms with Crippen molar-refractivity contribution in [2.24, 2.45) is 0 Å². The summed E-state index contributed by atoms with van der Waals surface area (Å²) in [6.07, 6.45) is -2.68. The molecule has 3 N–H and O–H groups in total. The number of nitrogens with zero attached hydrogens (tertiary/aromatic N) is 3. The Morgan fingerprint density at radius 1 is 0.908 bits per heavy atom. The van der Waals surface area contributed by atoms with E-state index >= 15 is 0 Å². The number of benzene rings is 4. The van der Waals surface area contributed by atoms with Gasteiger partial charge in [0.15, 0.2) is 32.3 Å². The molecule has 1 aliphatic rings. The highest BCUT2D eigenvalue weighted by Crippen LogP contribution is 2.49. The lowest BCUT2D eigenvalue weighted by atomic mass is 9.79. The quantitative estimate of drug-likeness (QED) is 0.0450. The standard InChI is InChI=1S/C48H58N5O10PSi/c1-31(2)32-20-24-37(25-21-32)59-29-39(54)50-46-51-43-40(44(55)52-46)49-30-53(43)45-42(63-65(8,9)47(3,4)5)41(38(61-45)28-60-64(7,56)57)62-48(33-16-12-10-13-17-33,34-18-14-11-15-19-34)35-22-26-36(58-6)27-23-35/h10-27,30-31,38,41-42,45H,28-29H2,1-9H3,(H,56,57)(H2,50,51,52,54,55)/t38-,41-,42-,45-/m1/s1. The van der Waals surface area contributed by atoms with Crippen LogP contribution in [0, 0.1) is 0 Å². The molecule has 2 aromatic heterocycles. The minimum Gasteiger partial charge on any atom is -0.497 e. The Kier molecular flexibility index (Phi) is 14.0. The topological polar surface area (TPSA) is 185 Å². The number of H-pyrrole nitrogens is 1. The van der Waals surface area contributed by atoms with Gasteiger partial charge in [0.25, 0.3) is 11.5 Å². The minimum absolute atomic E-state index is 0.0223. The zero-order valence-electron chi connectivity index (χ0n) is 38.2. The number of amides is 1. The Bertz CT molecular complexity index is 2630. The number of rotatable bonds is 17. The highest BCUT2D eigenvalue weighted by molar-refractivity contribution is 7.51. The first-order valence-corrected chi connectivity index (χ1v) is 26.4. The van der Waals surface area contributed by atoms with Crippen LogP contribution in [0.3, 0.4) is 0 Å². The first-order valence-electron chi connectivity index (χ1n) is 21.5. The molecule has 344 valence electrons. The van der Waals surface area contributed by atoms with Crippen LogP contribution in [0.25, 0.3) is 11.2 Å². The van der Waals surface area contributed by atoms with E-state index in [9.17, 15) is 19.0 Å². The molecule has 4 aromatic carbocycles. The van der Waals surface area contributed by atoms with Crippen molar-refractivity contribution >= 4 is 38.9 Å². The summed E-state index contributed by atoms with van der Waals surface area (Å²) >= 11 is 0. The van der Waals surface area contributed by atoms with Gasteiger partial charge >= 0.3 is 7.60 Å². The van der Waals surface area contributed by atoms with Gasteiger partial charge in [-0.2, -0.15) is 4.98 Å². The molecule has 1 saturated heterocycles. The Hall–Kier alpha value is -5.45. The lowest BCUT2D eigenvalue weighted by Gasteiger charge is -2.44. The molecule has 0 bridgehead atoms. The van der Waals surface area contributed by atoms with Crippen molar-refractivity contribution in [1.82, 2.24) is 19.5 Å². The van der Waals surface area contributed by atoms with Crippen LogP contribution >= 0.6 is 7.60 Å². The number of carbonyl (C=O) groups excluding carboxylic acids is 1. The lowest BCUT2D eigenvalue weighted by molar-refractivity contribution is -0.118. The van der Waals surface area contributed by atoms with Gasteiger partial charge in [-0.25, -0.2) is 4.98 Å². The fourth-order valence-corrected chi connectivity index (χ4v) is 9.29. The van der Waals surface area contributed by atoms with Crippen molar-refractivity contribution < 1.29 is 42.2 Å². The Balaban J connectivity index is 1.35. The summed E-state index contributed by atoms with van der Waals surface area (Å²) in [6.45, 7) is 15.1. The maximum Gasteiger partial charge on any atom is 0.325 e. The third-order valence-electron chi connectivity index (χ3n) is 12.1. The molecule has 0 spiro atoms. The van der Waals surface area contributed by atoms with Gasteiger partial charge in [-0.05, 0) is 70.6 Å². The van der Waals surface area contributed by atoms with E-state index in [0.717, 1.165) is 28.9 Å². The zero-order valence-corrected chi connectivity index (χ0v) is 40.1. The van der Waals surface area contributed by atoms with Gasteiger partial charge in [-0.3, -0.25) is 29.0 Å². The minimum atomic E-state index is -4.05. The molecule has 0 saturated carbocycles. The number of carbonyl (C=O) groups is 1. The highest BCUT2D eigenvalue weighted by atomic mass is 31.2. The van der Waals surface area contributed by atoms with Crippen molar-refractivity contribution in [1.29, 1.82) is 0 Å². The average molecular weight is 924 g/mol. The zero-order chi connectivity index (χ0) is 46.7. The summed E-state index contributed by atoms with van der Waals surface area (Å²) < 4.78 is 53.3. The second-order valence-corrected chi connectivity index (χ2v) is 24.7. The van der Waals surface area contributed by atoms with Gasteiger partial charge in [0.05, 0.1) is 20.0 Å². The van der Waals surface area contributed by atoms with Gasteiger partial charge in [0, 0.05) is 6.66 Å². The van der Waals surface area contributed by atoms with Gasteiger partial charge in [-0.1, -0.05) is 120 Å². The molecule has 1 aliphatic heterocycles. The molecule has 7 rings (SSSR count). The van der Waals surface area contributed by atoms with Crippen LogP contribution in [0.1, 0.15) is 69.0 Å². The van der Waals surface area contributed by atoms with E-state index in [1.807, 2.05) is 97.1 Å². The van der Waals surface area contributed by atoms with Crippen molar-refractivity contribution in [3.63, 3.8) is 0 Å². The molecule has 15 nitrogen and oxygen atoms in total. The molecule has 17 heteroatoms. The fraction of sp³-hybridized carbons (Fsp3) is 0.375. The fourth-order valence-electron chi connectivity index (χ4n) is 7.58. The van der Waals surface area contributed by atoms with Crippen LogP contribution < -0.4 is 20.3 Å². The molecule has 1 unspecified atom stereocenters. The van der Waals surface area contributed by atoms with Crippen molar-refractivity contribution in [3.8, 4) is 11.5 Å². The largest absolute Gasteiger partial charge is 0.497 e. The summed E-state index contributed by atoms with van der Waals surface area (Å²) in [7, 11) is -5.20. The van der Waals surface area contributed by atoms with Crippen LogP contribution in [0.4, 0.5) is 5.95 Å². The van der Waals surface area contributed by atoms with Crippen molar-refractivity contribution in [2.45, 2.75) is 88.8 Å². The maximum atomic E-state index is 13.6. The Morgan fingerprint density at radius 3 is 2.05 bits per heavy atom. The van der Waals surface area contributed by atoms with Gasteiger partial charge in [0.1, 0.15) is 35.4 Å². The lowest BCUT2D eigenvalue weighted by Crippen LogP contribution is -2.52. The van der Waals surface area contributed by atoms with Crippen LogP contribution in [0.15, 0.2) is 120 Å². The molecule has 0 aliphatic carbocycles. The van der Waals surface area contributed by atoms with Crippen LogP contribution in [0.2, 0.25) is 18.1 Å². The van der Waals surface area contributed by atoms with Crippen LogP contribution in [0.5, 0.6) is 11.5 Å². The molecule has 1 fully saturated rings. The Morgan fingerprint density at radius 2 is 1.49 bits per heavy atom. The third-order valence-corrected chi connectivity index (χ3v) is 17.2. The van der Waals surface area contributed by atoms with Gasteiger partial charge < -0.3 is 32.8 Å². The number of hydrogen-bond acceptors (Lipinski definition) is 11. The average Bonchev–Trinajstić information content (AvgIpc) is 3.84. The SMILES string of the molecule is COc1ccc(C(O[C@H]2[C@@H](O[Si](C)(C)C(C)(C)C)[C@H](n3cnc4c(=O)[nH]c(NC(=O)COc5ccc(C(C)C)cc5)nc43)O[C@@H]2COP(C)(=O)O)(c2ccccc2)c2ccccc2)cc1. The van der Waals surface area contributed by atoms with E-state index in [4.69, 9.17) is 27.9 Å². The normalized spacial score (nSPS) is 19.0. The van der Waals surface area contributed by atoms with E-state index in [-0.39, 0.29) is 35.4 Å². The number of aromatic amines is 1. The van der Waals surface area contributed by atoms with E-state index < -0.39 is 57.5 Å². The maximum absolute atomic E-state index is 13.6. The van der Waals surface area contributed by atoms with Crippen LogP contribution in [-0.2, 0) is 33.4 Å².